The van der Waals surface area contributed by atoms with E-state index in [1.54, 1.807) is 24.3 Å². The molecule has 3 nitrogen and oxygen atoms in total. The van der Waals surface area contributed by atoms with Crippen molar-refractivity contribution in [3.05, 3.63) is 47.5 Å². The first kappa shape index (κ1) is 17.5. The number of amides is 1. The largest absolute Gasteiger partial charge is 0.416 e. The van der Waals surface area contributed by atoms with Crippen molar-refractivity contribution in [2.45, 2.75) is 18.7 Å². The lowest BCUT2D eigenvalue weighted by Crippen LogP contribution is -2.44. The summed E-state index contributed by atoms with van der Waals surface area (Å²) in [5, 5.41) is 9.61. The molecule has 1 rings (SSSR count). The van der Waals surface area contributed by atoms with Gasteiger partial charge in [-0.3, -0.25) is 4.79 Å². The van der Waals surface area contributed by atoms with E-state index < -0.39 is 24.7 Å². The predicted molar refractivity (Wildman–Crippen MR) is 74.0 cm³/mol. The van der Waals surface area contributed by atoms with Crippen LogP contribution >= 0.6 is 11.6 Å². The molecule has 0 fully saturated rings. The number of aliphatic hydroxyl groups excluding tert-OH is 1. The van der Waals surface area contributed by atoms with Gasteiger partial charge < -0.3 is 10.0 Å². The summed E-state index contributed by atoms with van der Waals surface area (Å²) in [6, 6.07) is 6.75. The van der Waals surface area contributed by atoms with Crippen molar-refractivity contribution in [3.63, 3.8) is 0 Å². The third-order valence-corrected chi connectivity index (χ3v) is 3.09. The van der Waals surface area contributed by atoms with Gasteiger partial charge in [-0.05, 0) is 30.2 Å². The summed E-state index contributed by atoms with van der Waals surface area (Å²) in [5.41, 5.74) is 0.822. The third kappa shape index (κ3) is 5.77. The van der Waals surface area contributed by atoms with E-state index in [1.807, 2.05) is 0 Å². The van der Waals surface area contributed by atoms with Gasteiger partial charge in [-0.15, -0.1) is 0 Å². The molecule has 7 heteroatoms. The molecule has 0 saturated heterocycles. The number of carbonyl (C=O) groups is 1. The van der Waals surface area contributed by atoms with Gasteiger partial charge in [0.25, 0.3) is 0 Å². The highest BCUT2D eigenvalue weighted by molar-refractivity contribution is 6.30. The second-order valence-electron chi connectivity index (χ2n) is 4.42. The Kier molecular flexibility index (Phi) is 6.23. The second-order valence-corrected chi connectivity index (χ2v) is 4.86. The van der Waals surface area contributed by atoms with E-state index in [0.717, 1.165) is 16.5 Å². The van der Waals surface area contributed by atoms with Crippen LogP contribution in [0.2, 0.25) is 5.02 Å². The van der Waals surface area contributed by atoms with Gasteiger partial charge in [-0.25, -0.2) is 0 Å². The zero-order valence-corrected chi connectivity index (χ0v) is 11.9. The Bertz CT molecular complexity index is 488. The lowest BCUT2D eigenvalue weighted by Gasteiger charge is -2.25. The van der Waals surface area contributed by atoms with Crippen molar-refractivity contribution in [2.24, 2.45) is 0 Å². The molecule has 0 aliphatic carbocycles. The smallest absolute Gasteiger partial charge is 0.382 e. The Morgan fingerprint density at radius 2 is 1.95 bits per heavy atom. The van der Waals surface area contributed by atoms with Crippen molar-refractivity contribution in [1.29, 1.82) is 0 Å². The van der Waals surface area contributed by atoms with Crippen LogP contribution in [0.1, 0.15) is 5.56 Å². The van der Waals surface area contributed by atoms with E-state index >= 15 is 0 Å². The number of hydrogen-bond donors (Lipinski definition) is 1. The van der Waals surface area contributed by atoms with E-state index in [-0.39, 0.29) is 6.54 Å². The molecule has 1 atom stereocenters. The summed E-state index contributed by atoms with van der Waals surface area (Å²) >= 11 is 5.73. The van der Waals surface area contributed by atoms with E-state index in [4.69, 9.17) is 16.7 Å². The molecule has 0 spiro atoms. The minimum atomic E-state index is -4.76. The highest BCUT2D eigenvalue weighted by Crippen LogP contribution is 2.21. The SMILES string of the molecule is C=CC(=O)N(CCc1ccc(Cl)cc1)CC(O)C(F)(F)F. The summed E-state index contributed by atoms with van der Waals surface area (Å²) in [6.07, 6.45) is -6.07. The van der Waals surface area contributed by atoms with Crippen LogP contribution in [0.25, 0.3) is 0 Å². The van der Waals surface area contributed by atoms with Crippen molar-refractivity contribution < 1.29 is 23.1 Å². The quantitative estimate of drug-likeness (QED) is 0.819. The highest BCUT2D eigenvalue weighted by Gasteiger charge is 2.39. The van der Waals surface area contributed by atoms with Gasteiger partial charge >= 0.3 is 6.18 Å². The lowest BCUT2D eigenvalue weighted by molar-refractivity contribution is -0.207. The van der Waals surface area contributed by atoms with Crippen LogP contribution in [0.15, 0.2) is 36.9 Å². The van der Waals surface area contributed by atoms with Crippen LogP contribution in [-0.2, 0) is 11.2 Å². The molecular weight excluding hydrogens is 307 g/mol. The standard InChI is InChI=1S/C14H15ClF3NO2/c1-2-13(21)19(9-12(20)14(16,17)18)8-7-10-3-5-11(15)6-4-10/h2-6,12,20H,1,7-9H2. The molecule has 1 unspecified atom stereocenters. The molecule has 116 valence electrons. The first-order valence-electron chi connectivity index (χ1n) is 6.14. The first-order valence-corrected chi connectivity index (χ1v) is 6.52. The fourth-order valence-electron chi connectivity index (χ4n) is 1.65. The summed E-state index contributed by atoms with van der Waals surface area (Å²) in [5.74, 6) is -0.660. The van der Waals surface area contributed by atoms with Crippen LogP contribution in [0.4, 0.5) is 13.2 Å². The maximum atomic E-state index is 12.4. The van der Waals surface area contributed by atoms with E-state index in [1.165, 1.54) is 0 Å². The Morgan fingerprint density at radius 3 is 2.43 bits per heavy atom. The molecule has 0 saturated carbocycles. The first-order chi connectivity index (χ1) is 9.74. The van der Waals surface area contributed by atoms with Crippen LogP contribution in [0.3, 0.4) is 0 Å². The lowest BCUT2D eigenvalue weighted by atomic mass is 10.1. The molecule has 1 aromatic carbocycles. The van der Waals surface area contributed by atoms with Gasteiger partial charge in [0.15, 0.2) is 6.10 Å². The van der Waals surface area contributed by atoms with Crippen molar-refractivity contribution in [3.8, 4) is 0 Å². The number of halogens is 4. The molecule has 0 aliphatic rings. The number of hydrogen-bond acceptors (Lipinski definition) is 2. The van der Waals surface area contributed by atoms with E-state index in [9.17, 15) is 18.0 Å². The fraction of sp³-hybridized carbons (Fsp3) is 0.357. The van der Waals surface area contributed by atoms with Gasteiger partial charge in [0.2, 0.25) is 5.91 Å². The molecular formula is C14H15ClF3NO2. The summed E-state index contributed by atoms with van der Waals surface area (Å²) in [6.45, 7) is 2.47. The predicted octanol–water partition coefficient (Wildman–Crippen LogP) is 2.82. The van der Waals surface area contributed by atoms with Crippen LogP contribution in [-0.4, -0.2) is 41.3 Å². The van der Waals surface area contributed by atoms with E-state index in [2.05, 4.69) is 6.58 Å². The number of rotatable bonds is 6. The zero-order chi connectivity index (χ0) is 16.0. The van der Waals surface area contributed by atoms with Crippen LogP contribution in [0.5, 0.6) is 0 Å². The monoisotopic (exact) mass is 321 g/mol. The number of nitrogens with zero attached hydrogens (tertiary/aromatic N) is 1. The highest BCUT2D eigenvalue weighted by atomic mass is 35.5. The maximum absolute atomic E-state index is 12.4. The Morgan fingerprint density at radius 1 is 1.38 bits per heavy atom. The maximum Gasteiger partial charge on any atom is 0.416 e. The minimum absolute atomic E-state index is 0.0413. The van der Waals surface area contributed by atoms with Crippen molar-refractivity contribution >= 4 is 17.5 Å². The fourth-order valence-corrected chi connectivity index (χ4v) is 1.77. The van der Waals surface area contributed by atoms with E-state index in [0.29, 0.717) is 11.4 Å². The van der Waals surface area contributed by atoms with Crippen molar-refractivity contribution in [1.82, 2.24) is 4.90 Å². The van der Waals surface area contributed by atoms with Gasteiger partial charge in [0.1, 0.15) is 0 Å². The molecule has 1 aromatic rings. The minimum Gasteiger partial charge on any atom is -0.382 e. The van der Waals surface area contributed by atoms with Gasteiger partial charge in [-0.2, -0.15) is 13.2 Å². The molecule has 21 heavy (non-hydrogen) atoms. The summed E-state index contributed by atoms with van der Waals surface area (Å²) in [4.78, 5) is 12.5. The third-order valence-electron chi connectivity index (χ3n) is 2.84. The molecule has 0 heterocycles. The molecule has 0 radical (unpaired) electrons. The number of alkyl halides is 3. The zero-order valence-electron chi connectivity index (χ0n) is 11.1. The Hall–Kier alpha value is -1.53. The summed E-state index contributed by atoms with van der Waals surface area (Å²) in [7, 11) is 0. The summed E-state index contributed by atoms with van der Waals surface area (Å²) < 4.78 is 37.1. The van der Waals surface area contributed by atoms with Crippen LogP contribution in [0, 0.1) is 0 Å². The van der Waals surface area contributed by atoms with Gasteiger partial charge in [0.05, 0.1) is 6.54 Å². The normalized spacial score (nSPS) is 12.8. The molecule has 1 amide bonds. The Labute approximate surface area is 125 Å². The Balaban J connectivity index is 2.68. The average molecular weight is 322 g/mol. The average Bonchev–Trinajstić information content (AvgIpc) is 2.43. The molecule has 0 bridgehead atoms. The number of aliphatic hydroxyl groups is 1. The number of carbonyl (C=O) groups excluding carboxylic acids is 1. The van der Waals surface area contributed by atoms with Gasteiger partial charge in [-0.1, -0.05) is 30.3 Å². The molecule has 0 aromatic heterocycles. The van der Waals surface area contributed by atoms with Gasteiger partial charge in [0, 0.05) is 11.6 Å². The topological polar surface area (TPSA) is 40.5 Å². The van der Waals surface area contributed by atoms with Crippen LogP contribution < -0.4 is 0 Å². The van der Waals surface area contributed by atoms with Crippen molar-refractivity contribution in [2.75, 3.05) is 13.1 Å². The molecule has 0 aliphatic heterocycles. The second kappa shape index (κ2) is 7.47. The molecule has 1 N–H and O–H groups in total. The number of benzene rings is 1.